The molecule has 194 valence electrons. The predicted molar refractivity (Wildman–Crippen MR) is 135 cm³/mol. The fourth-order valence-corrected chi connectivity index (χ4v) is 3.15. The highest BCUT2D eigenvalue weighted by molar-refractivity contribution is 6.26. The van der Waals surface area contributed by atoms with Crippen molar-refractivity contribution in [3.05, 3.63) is 77.4 Å². The number of anilines is 1. The van der Waals surface area contributed by atoms with Crippen LogP contribution in [0, 0.1) is 5.82 Å². The van der Waals surface area contributed by atoms with Crippen LogP contribution in [0.3, 0.4) is 0 Å². The Bertz CT molecular complexity index is 1360. The predicted octanol–water partition coefficient (Wildman–Crippen LogP) is 3.55. The highest BCUT2D eigenvalue weighted by Crippen LogP contribution is 2.30. The maximum atomic E-state index is 13.3. The molecule has 1 aliphatic heterocycles. The van der Waals surface area contributed by atoms with Gasteiger partial charge in [-0.25, -0.2) is 14.2 Å². The summed E-state index contributed by atoms with van der Waals surface area (Å²) in [4.78, 5) is 43.8. The molecule has 2 aromatic heterocycles. The Morgan fingerprint density at radius 1 is 1.27 bits per heavy atom. The zero-order valence-electron chi connectivity index (χ0n) is 20.7. The van der Waals surface area contributed by atoms with Gasteiger partial charge in [-0.1, -0.05) is 0 Å². The molecule has 3 heterocycles. The molecule has 3 N–H and O–H groups in total. The number of pyridine rings is 1. The molecule has 10 nitrogen and oxygen atoms in total. The van der Waals surface area contributed by atoms with Gasteiger partial charge in [-0.05, 0) is 70.4 Å². The molecule has 4 rings (SSSR count). The first-order valence-electron chi connectivity index (χ1n) is 11.1. The van der Waals surface area contributed by atoms with E-state index in [1.54, 1.807) is 24.5 Å². The molecule has 3 aromatic rings. The number of allylic oxidation sites excluding steroid dienone is 1. The fourth-order valence-electron chi connectivity index (χ4n) is 3.15. The summed E-state index contributed by atoms with van der Waals surface area (Å²) in [6, 6.07) is 9.10. The maximum absolute atomic E-state index is 13.3. The van der Waals surface area contributed by atoms with E-state index in [4.69, 9.17) is 19.4 Å². The number of aromatic amines is 1. The summed E-state index contributed by atoms with van der Waals surface area (Å²) in [5.41, 5.74) is 1.07. The van der Waals surface area contributed by atoms with Crippen molar-refractivity contribution in [3.63, 3.8) is 0 Å². The van der Waals surface area contributed by atoms with Crippen LogP contribution >= 0.6 is 0 Å². The van der Waals surface area contributed by atoms with Crippen LogP contribution in [0.4, 0.5) is 10.1 Å². The molecule has 1 aromatic carbocycles. The van der Waals surface area contributed by atoms with E-state index in [0.29, 0.717) is 16.9 Å². The molecule has 0 saturated heterocycles. The van der Waals surface area contributed by atoms with Crippen LogP contribution in [0.2, 0.25) is 0 Å². The number of halogens is 1. The minimum atomic E-state index is -0.812. The number of carbonyl (C=O) groups excluding carboxylic acids is 2. The van der Waals surface area contributed by atoms with Gasteiger partial charge in [0.15, 0.2) is 11.3 Å². The third-order valence-electron chi connectivity index (χ3n) is 5.73. The van der Waals surface area contributed by atoms with Crippen molar-refractivity contribution >= 4 is 41.0 Å². The lowest BCUT2D eigenvalue weighted by Gasteiger charge is -2.31. The van der Waals surface area contributed by atoms with Gasteiger partial charge in [-0.2, -0.15) is 0 Å². The number of Topliss-reactive ketones (excluding diaryl/α,β-unsaturated/α-hetero) is 1. The van der Waals surface area contributed by atoms with Gasteiger partial charge < -0.3 is 29.8 Å². The number of esters is 1. The number of hydrogen-bond donors (Lipinski definition) is 3. The first-order valence-corrected chi connectivity index (χ1v) is 11.1. The average Bonchev–Trinajstić information content (AvgIpc) is 3.40. The Kier molecular flexibility index (Phi) is 8.41. The number of ether oxygens (including phenoxy) is 2. The molecule has 0 atom stereocenters. The molecule has 0 aliphatic carbocycles. The molecule has 1 aliphatic rings. The number of benzene rings is 1. The summed E-state index contributed by atoms with van der Waals surface area (Å²) in [7, 11) is 3.74. The third-order valence-corrected chi connectivity index (χ3v) is 5.73. The highest BCUT2D eigenvalue weighted by Gasteiger charge is 2.38. The number of rotatable bonds is 7. The second-order valence-corrected chi connectivity index (χ2v) is 8.81. The van der Waals surface area contributed by atoms with Crippen molar-refractivity contribution in [3.8, 4) is 0 Å². The number of ketones is 1. The lowest BCUT2D eigenvalue weighted by Crippen LogP contribution is -2.43. The van der Waals surface area contributed by atoms with Gasteiger partial charge in [0.2, 0.25) is 11.7 Å². The Hall–Kier alpha value is -4.51. The number of fused-ring (bicyclic) bond motifs is 1. The summed E-state index contributed by atoms with van der Waals surface area (Å²) < 4.78 is 24.6. The highest BCUT2D eigenvalue weighted by atomic mass is 19.1. The summed E-state index contributed by atoms with van der Waals surface area (Å²) >= 11 is 0. The van der Waals surface area contributed by atoms with Crippen molar-refractivity contribution < 1.29 is 33.4 Å². The third kappa shape index (κ3) is 6.39. The number of carbonyl (C=O) groups is 3. The van der Waals surface area contributed by atoms with E-state index in [2.05, 4.69) is 15.3 Å². The summed E-state index contributed by atoms with van der Waals surface area (Å²) in [6.07, 6.45) is 4.89. The van der Waals surface area contributed by atoms with Crippen LogP contribution in [0.15, 0.2) is 66.0 Å². The quantitative estimate of drug-likeness (QED) is 0.189. The molecule has 0 radical (unpaired) electrons. The zero-order chi connectivity index (χ0) is 27.2. The molecule has 0 spiro atoms. The van der Waals surface area contributed by atoms with Crippen molar-refractivity contribution in [1.29, 1.82) is 0 Å². The normalized spacial score (nSPS) is 14.4. The first-order chi connectivity index (χ1) is 17.6. The monoisotopic (exact) mass is 510 g/mol. The van der Waals surface area contributed by atoms with E-state index in [1.165, 1.54) is 24.3 Å². The van der Waals surface area contributed by atoms with E-state index in [1.807, 2.05) is 38.9 Å². The number of nitrogens with zero attached hydrogens (tertiary/aromatic N) is 2. The molecular formula is C26H27FN4O6. The van der Waals surface area contributed by atoms with Gasteiger partial charge in [0.1, 0.15) is 18.1 Å². The van der Waals surface area contributed by atoms with Gasteiger partial charge >= 0.3 is 5.97 Å². The fraction of sp³-hybridized carbons (Fsp3) is 0.231. The molecule has 0 saturated carbocycles. The maximum Gasteiger partial charge on any atom is 0.347 e. The Balaban J connectivity index is 0.00000121. The van der Waals surface area contributed by atoms with E-state index in [0.717, 1.165) is 5.39 Å². The van der Waals surface area contributed by atoms with Crippen molar-refractivity contribution in [2.45, 2.75) is 19.4 Å². The molecule has 0 fully saturated rings. The average molecular weight is 511 g/mol. The van der Waals surface area contributed by atoms with Gasteiger partial charge in [-0.15, -0.1) is 0 Å². The smallest absolute Gasteiger partial charge is 0.347 e. The molecular weight excluding hydrogens is 483 g/mol. The summed E-state index contributed by atoms with van der Waals surface area (Å²) in [5, 5.41) is 10.6. The molecule has 0 unspecified atom stereocenters. The van der Waals surface area contributed by atoms with Crippen molar-refractivity contribution in [2.75, 3.05) is 26.0 Å². The number of hydrogen-bond acceptors (Lipinski definition) is 8. The van der Waals surface area contributed by atoms with E-state index >= 15 is 0 Å². The van der Waals surface area contributed by atoms with E-state index < -0.39 is 23.1 Å². The minimum absolute atomic E-state index is 0.0480. The Morgan fingerprint density at radius 3 is 2.59 bits per heavy atom. The largest absolute Gasteiger partial charge is 0.483 e. The molecule has 37 heavy (non-hydrogen) atoms. The molecule has 11 heteroatoms. The topological polar surface area (TPSA) is 134 Å². The van der Waals surface area contributed by atoms with Crippen LogP contribution in [-0.2, 0) is 23.9 Å². The van der Waals surface area contributed by atoms with Gasteiger partial charge in [-0.3, -0.25) is 9.59 Å². The summed E-state index contributed by atoms with van der Waals surface area (Å²) in [6.45, 7) is 3.64. The Morgan fingerprint density at radius 2 is 1.95 bits per heavy atom. The van der Waals surface area contributed by atoms with Crippen LogP contribution in [0.1, 0.15) is 19.4 Å². The van der Waals surface area contributed by atoms with Crippen molar-refractivity contribution in [2.24, 2.45) is 0 Å². The minimum Gasteiger partial charge on any atom is -0.483 e. The van der Waals surface area contributed by atoms with E-state index in [-0.39, 0.29) is 30.3 Å². The zero-order valence-corrected chi connectivity index (χ0v) is 20.7. The second-order valence-electron chi connectivity index (χ2n) is 8.81. The number of aromatic nitrogens is 2. The second kappa shape index (κ2) is 11.5. The first kappa shape index (κ1) is 27.1. The lowest BCUT2D eigenvalue weighted by molar-refractivity contribution is -0.143. The van der Waals surface area contributed by atoms with E-state index in [9.17, 15) is 14.0 Å². The van der Waals surface area contributed by atoms with Crippen molar-refractivity contribution in [1.82, 2.24) is 14.9 Å². The van der Waals surface area contributed by atoms with Crippen LogP contribution in [-0.4, -0.2) is 64.4 Å². The summed E-state index contributed by atoms with van der Waals surface area (Å²) in [5.74, 6) is -1.97. The van der Waals surface area contributed by atoms with Crippen LogP contribution in [0.25, 0.3) is 17.1 Å². The lowest BCUT2D eigenvalue weighted by atomic mass is 10.1. The number of likely N-dealkylation sites (N-methyl/N-ethyl adjacent to an activating group) is 1. The van der Waals surface area contributed by atoms with Crippen LogP contribution < -0.4 is 5.32 Å². The van der Waals surface area contributed by atoms with Gasteiger partial charge in [0.25, 0.3) is 6.47 Å². The number of H-pyrrole nitrogens is 1. The molecule has 0 amide bonds. The number of nitrogens with one attached hydrogen (secondary N) is 2. The SMILES string of the molecule is CN(C)C(C)(C)COC(=O)C1=C(Nc2ccc(F)cc2)OC(=Cc2c[nH]c3ncccc23)C1=O.O=CO. The molecule has 0 bridgehead atoms. The standard InChI is InChI=1S/C25H25FN4O4.CH2O2/c1-25(2,30(3)4)14-33-24(32)20-21(31)19(12-15-13-28-22-18(15)6-5-11-27-22)34-23(20)29-17-9-7-16(26)8-10-17;2-1-3/h5-13,29H,14H2,1-4H3,(H,27,28);1H,(H,2,3). The van der Waals surface area contributed by atoms with Gasteiger partial charge in [0.05, 0.1) is 0 Å². The van der Waals surface area contributed by atoms with Gasteiger partial charge in [0, 0.05) is 34.6 Å². The van der Waals surface area contributed by atoms with Crippen LogP contribution in [0.5, 0.6) is 0 Å². The Labute approximate surface area is 212 Å². The number of carboxylic acid groups (broad SMARTS) is 1.